The summed E-state index contributed by atoms with van der Waals surface area (Å²) in [7, 11) is 0. The zero-order valence-electron chi connectivity index (χ0n) is 10.5. The number of hydrogen-bond acceptors (Lipinski definition) is 2. The Bertz CT molecular complexity index is 507. The Labute approximate surface area is 109 Å². The van der Waals surface area contributed by atoms with E-state index < -0.39 is 29.4 Å². The van der Waals surface area contributed by atoms with Crippen molar-refractivity contribution in [3.63, 3.8) is 0 Å². The molecule has 0 saturated carbocycles. The number of carbonyl (C=O) groups excluding carboxylic acids is 1. The number of likely N-dealkylation sites (tertiary alicyclic amines) is 1. The SMILES string of the molecule is CCN1C[C@H](c2c(F)ccc(F)c2F)C[C@H](N)C1=O. The number of halogens is 3. The summed E-state index contributed by atoms with van der Waals surface area (Å²) in [6, 6.07) is 0.840. The first kappa shape index (κ1) is 13.9. The third-order valence-electron chi connectivity index (χ3n) is 3.48. The number of hydrogen-bond donors (Lipinski definition) is 1. The molecular formula is C13H15F3N2O. The van der Waals surface area contributed by atoms with Crippen LogP contribution in [-0.4, -0.2) is 29.9 Å². The molecule has 0 unspecified atom stereocenters. The number of likely N-dealkylation sites (N-methyl/N-ethyl adjacent to an activating group) is 1. The van der Waals surface area contributed by atoms with E-state index in [1.807, 2.05) is 0 Å². The van der Waals surface area contributed by atoms with Crippen LogP contribution in [0.3, 0.4) is 0 Å². The Hall–Kier alpha value is -1.56. The van der Waals surface area contributed by atoms with Gasteiger partial charge < -0.3 is 10.6 Å². The lowest BCUT2D eigenvalue weighted by Gasteiger charge is -2.35. The van der Waals surface area contributed by atoms with E-state index in [1.54, 1.807) is 6.92 Å². The summed E-state index contributed by atoms with van der Waals surface area (Å²) >= 11 is 0. The van der Waals surface area contributed by atoms with Gasteiger partial charge in [-0.05, 0) is 25.5 Å². The van der Waals surface area contributed by atoms with E-state index in [9.17, 15) is 18.0 Å². The molecule has 1 heterocycles. The number of rotatable bonds is 2. The standard InChI is InChI=1S/C13H15F3N2O/c1-2-18-6-7(5-10(17)13(18)19)11-8(14)3-4-9(15)12(11)16/h3-4,7,10H,2,5-6,17H2,1H3/t7-,10+/m1/s1. The molecule has 3 nitrogen and oxygen atoms in total. The molecule has 2 rings (SSSR count). The van der Waals surface area contributed by atoms with Crippen molar-refractivity contribution in [2.45, 2.75) is 25.3 Å². The van der Waals surface area contributed by atoms with Crippen molar-refractivity contribution < 1.29 is 18.0 Å². The molecule has 1 aromatic rings. The fraction of sp³-hybridized carbons (Fsp3) is 0.462. The van der Waals surface area contributed by atoms with Gasteiger partial charge in [0.25, 0.3) is 0 Å². The molecule has 0 aromatic heterocycles. The van der Waals surface area contributed by atoms with E-state index in [0.717, 1.165) is 12.1 Å². The van der Waals surface area contributed by atoms with Crippen molar-refractivity contribution in [1.82, 2.24) is 4.90 Å². The lowest BCUT2D eigenvalue weighted by Crippen LogP contribution is -2.51. The molecule has 1 aromatic carbocycles. The normalized spacial score (nSPS) is 23.8. The zero-order valence-corrected chi connectivity index (χ0v) is 10.5. The van der Waals surface area contributed by atoms with Crippen LogP contribution >= 0.6 is 0 Å². The van der Waals surface area contributed by atoms with Crippen LogP contribution < -0.4 is 5.73 Å². The minimum absolute atomic E-state index is 0.118. The second kappa shape index (κ2) is 5.21. The van der Waals surface area contributed by atoms with Crippen LogP contribution in [0.1, 0.15) is 24.8 Å². The van der Waals surface area contributed by atoms with Gasteiger partial charge >= 0.3 is 0 Å². The third kappa shape index (κ3) is 2.45. The summed E-state index contributed by atoms with van der Waals surface area (Å²) in [6.45, 7) is 2.31. The van der Waals surface area contributed by atoms with Crippen LogP contribution in [-0.2, 0) is 4.79 Å². The van der Waals surface area contributed by atoms with E-state index in [1.165, 1.54) is 4.90 Å². The summed E-state index contributed by atoms with van der Waals surface area (Å²) in [5.74, 6) is -3.95. The number of nitrogens with zero attached hydrogens (tertiary/aromatic N) is 1. The van der Waals surface area contributed by atoms with Crippen molar-refractivity contribution in [2.24, 2.45) is 5.73 Å². The molecule has 2 atom stereocenters. The van der Waals surface area contributed by atoms with Crippen LogP contribution in [0.15, 0.2) is 12.1 Å². The summed E-state index contributed by atoms with van der Waals surface area (Å²) in [6.07, 6.45) is 0.118. The molecule has 0 aliphatic carbocycles. The van der Waals surface area contributed by atoms with Crippen molar-refractivity contribution in [1.29, 1.82) is 0 Å². The van der Waals surface area contributed by atoms with Gasteiger partial charge in [0, 0.05) is 24.6 Å². The second-order valence-electron chi connectivity index (χ2n) is 4.67. The average molecular weight is 272 g/mol. The first-order chi connectivity index (χ1) is 8.95. The number of amides is 1. The molecule has 0 spiro atoms. The fourth-order valence-corrected chi connectivity index (χ4v) is 2.48. The molecule has 0 bridgehead atoms. The smallest absolute Gasteiger partial charge is 0.239 e. The van der Waals surface area contributed by atoms with Gasteiger partial charge in [-0.3, -0.25) is 4.79 Å². The Morgan fingerprint density at radius 2 is 1.95 bits per heavy atom. The molecule has 1 aliphatic rings. The Kier molecular flexibility index (Phi) is 3.80. The van der Waals surface area contributed by atoms with E-state index in [0.29, 0.717) is 6.54 Å². The van der Waals surface area contributed by atoms with Crippen LogP contribution in [0.4, 0.5) is 13.2 Å². The molecule has 2 N–H and O–H groups in total. The highest BCUT2D eigenvalue weighted by Gasteiger charge is 2.35. The molecular weight excluding hydrogens is 257 g/mol. The number of nitrogens with two attached hydrogens (primary N) is 1. The Balaban J connectivity index is 2.37. The molecule has 1 saturated heterocycles. The van der Waals surface area contributed by atoms with Gasteiger partial charge in [-0.15, -0.1) is 0 Å². The first-order valence-corrected chi connectivity index (χ1v) is 6.13. The summed E-state index contributed by atoms with van der Waals surface area (Å²) < 4.78 is 40.7. The molecule has 1 amide bonds. The largest absolute Gasteiger partial charge is 0.341 e. The third-order valence-corrected chi connectivity index (χ3v) is 3.48. The van der Waals surface area contributed by atoms with Gasteiger partial charge in [-0.2, -0.15) is 0 Å². The van der Waals surface area contributed by atoms with Gasteiger partial charge in [0.2, 0.25) is 5.91 Å². The topological polar surface area (TPSA) is 46.3 Å². The highest BCUT2D eigenvalue weighted by molar-refractivity contribution is 5.82. The summed E-state index contributed by atoms with van der Waals surface area (Å²) in [5.41, 5.74) is 5.36. The Morgan fingerprint density at radius 1 is 1.32 bits per heavy atom. The van der Waals surface area contributed by atoms with Crippen LogP contribution in [0, 0.1) is 17.5 Å². The Morgan fingerprint density at radius 3 is 2.58 bits per heavy atom. The summed E-state index contributed by atoms with van der Waals surface area (Å²) in [5, 5.41) is 0. The predicted molar refractivity (Wildman–Crippen MR) is 63.9 cm³/mol. The lowest BCUT2D eigenvalue weighted by atomic mass is 9.87. The predicted octanol–water partition coefficient (Wildman–Crippen LogP) is 1.77. The number of benzene rings is 1. The van der Waals surface area contributed by atoms with Crippen molar-refractivity contribution in [2.75, 3.05) is 13.1 Å². The van der Waals surface area contributed by atoms with E-state index >= 15 is 0 Å². The van der Waals surface area contributed by atoms with Gasteiger partial charge in [-0.25, -0.2) is 13.2 Å². The number of piperidine rings is 1. The minimum Gasteiger partial charge on any atom is -0.341 e. The zero-order chi connectivity index (χ0) is 14.2. The molecule has 0 radical (unpaired) electrons. The minimum atomic E-state index is -1.19. The quantitative estimate of drug-likeness (QED) is 0.834. The maximum absolute atomic E-state index is 13.7. The maximum atomic E-state index is 13.7. The molecule has 1 aliphatic heterocycles. The molecule has 6 heteroatoms. The van der Waals surface area contributed by atoms with E-state index in [4.69, 9.17) is 5.73 Å². The van der Waals surface area contributed by atoms with E-state index in [-0.39, 0.29) is 24.4 Å². The van der Waals surface area contributed by atoms with Gasteiger partial charge in [0.15, 0.2) is 11.6 Å². The monoisotopic (exact) mass is 272 g/mol. The van der Waals surface area contributed by atoms with Crippen LogP contribution in [0.25, 0.3) is 0 Å². The average Bonchev–Trinajstić information content (AvgIpc) is 2.38. The van der Waals surface area contributed by atoms with Gasteiger partial charge in [-0.1, -0.05) is 0 Å². The fourth-order valence-electron chi connectivity index (χ4n) is 2.48. The maximum Gasteiger partial charge on any atom is 0.239 e. The van der Waals surface area contributed by atoms with Crippen LogP contribution in [0.2, 0.25) is 0 Å². The van der Waals surface area contributed by atoms with Crippen molar-refractivity contribution >= 4 is 5.91 Å². The van der Waals surface area contributed by atoms with Crippen molar-refractivity contribution in [3.8, 4) is 0 Å². The first-order valence-electron chi connectivity index (χ1n) is 6.13. The molecule has 104 valence electrons. The van der Waals surface area contributed by atoms with Crippen molar-refractivity contribution in [3.05, 3.63) is 35.1 Å². The molecule has 19 heavy (non-hydrogen) atoms. The highest BCUT2D eigenvalue weighted by atomic mass is 19.2. The summed E-state index contributed by atoms with van der Waals surface area (Å²) in [4.78, 5) is 13.1. The van der Waals surface area contributed by atoms with Gasteiger partial charge in [0.1, 0.15) is 5.82 Å². The number of carbonyl (C=O) groups is 1. The van der Waals surface area contributed by atoms with E-state index in [2.05, 4.69) is 0 Å². The highest BCUT2D eigenvalue weighted by Crippen LogP contribution is 2.31. The second-order valence-corrected chi connectivity index (χ2v) is 4.67. The van der Waals surface area contributed by atoms with Crippen LogP contribution in [0.5, 0.6) is 0 Å². The molecule has 1 fully saturated rings. The van der Waals surface area contributed by atoms with Gasteiger partial charge in [0.05, 0.1) is 6.04 Å². The lowest BCUT2D eigenvalue weighted by molar-refractivity contribution is -0.135.